The standard InChI is InChI=1S/C61H110O5/c1-4-7-10-13-16-19-22-25-28-31-33-36-39-42-45-48-51-54-60(62)65-58-59(57-64-56-53-50-47-44-41-38-35-30-27-24-21-18-15-12-9-6-3)66-61(63)55-52-49-46-43-40-37-34-32-29-26-23-20-17-14-11-8-5-2/h9,12,18,21,25,27-28,30,38,41,59H,4-8,10-11,13-17,19-20,22-24,26,29,31-37,39-40,42-58H2,1-3H3/b12-9-,21-18-,28-25-,30-27-,41-38-. The van der Waals surface area contributed by atoms with E-state index in [1.54, 1.807) is 0 Å². The average molecular weight is 924 g/mol. The number of carbonyl (C=O) groups is 2. The number of rotatable bonds is 53. The first kappa shape index (κ1) is 63.6. The van der Waals surface area contributed by atoms with Gasteiger partial charge in [-0.15, -0.1) is 0 Å². The molecule has 5 heteroatoms. The predicted octanol–water partition coefficient (Wildman–Crippen LogP) is 19.7. The molecule has 1 unspecified atom stereocenters. The van der Waals surface area contributed by atoms with Crippen molar-refractivity contribution in [2.45, 2.75) is 297 Å². The third kappa shape index (κ3) is 54.2. The normalized spacial score (nSPS) is 12.6. The lowest BCUT2D eigenvalue weighted by atomic mass is 10.0. The highest BCUT2D eigenvalue weighted by molar-refractivity contribution is 5.70. The highest BCUT2D eigenvalue weighted by Crippen LogP contribution is 2.16. The second kappa shape index (κ2) is 56.9. The minimum Gasteiger partial charge on any atom is -0.462 e. The second-order valence-corrected chi connectivity index (χ2v) is 19.2. The van der Waals surface area contributed by atoms with E-state index in [1.165, 1.54) is 173 Å². The van der Waals surface area contributed by atoms with Gasteiger partial charge in [-0.2, -0.15) is 0 Å². The van der Waals surface area contributed by atoms with Crippen molar-refractivity contribution in [2.24, 2.45) is 0 Å². The molecular formula is C61H110O5. The molecule has 0 spiro atoms. The number of unbranched alkanes of at least 4 members (excludes halogenated alkanes) is 32. The summed E-state index contributed by atoms with van der Waals surface area (Å²) in [4.78, 5) is 25.5. The molecule has 0 aromatic rings. The van der Waals surface area contributed by atoms with Gasteiger partial charge >= 0.3 is 11.9 Å². The molecule has 384 valence electrons. The van der Waals surface area contributed by atoms with E-state index in [0.717, 1.165) is 83.5 Å². The highest BCUT2D eigenvalue weighted by atomic mass is 16.6. The van der Waals surface area contributed by atoms with Crippen LogP contribution in [0.15, 0.2) is 60.8 Å². The van der Waals surface area contributed by atoms with E-state index in [1.807, 2.05) is 0 Å². The number of esters is 2. The van der Waals surface area contributed by atoms with Crippen LogP contribution in [-0.4, -0.2) is 37.9 Å². The summed E-state index contributed by atoms with van der Waals surface area (Å²) in [7, 11) is 0. The number of hydrogen-bond donors (Lipinski definition) is 0. The molecule has 0 fully saturated rings. The maximum absolute atomic E-state index is 12.9. The molecule has 0 aromatic heterocycles. The Morgan fingerprint density at radius 3 is 1.11 bits per heavy atom. The molecule has 0 aliphatic heterocycles. The Morgan fingerprint density at radius 1 is 0.348 bits per heavy atom. The molecule has 0 bridgehead atoms. The predicted molar refractivity (Wildman–Crippen MR) is 288 cm³/mol. The summed E-state index contributed by atoms with van der Waals surface area (Å²) in [5, 5.41) is 0. The summed E-state index contributed by atoms with van der Waals surface area (Å²) >= 11 is 0. The van der Waals surface area contributed by atoms with Gasteiger partial charge in [0.1, 0.15) is 6.61 Å². The molecule has 0 aliphatic carbocycles. The van der Waals surface area contributed by atoms with Crippen molar-refractivity contribution in [3.8, 4) is 0 Å². The zero-order valence-electron chi connectivity index (χ0n) is 44.2. The summed E-state index contributed by atoms with van der Waals surface area (Å²) in [6.45, 7) is 7.68. The van der Waals surface area contributed by atoms with Gasteiger partial charge in [0.05, 0.1) is 6.61 Å². The Hall–Kier alpha value is -2.40. The lowest BCUT2D eigenvalue weighted by Crippen LogP contribution is -2.30. The summed E-state index contributed by atoms with van der Waals surface area (Å²) in [6, 6.07) is 0. The van der Waals surface area contributed by atoms with Gasteiger partial charge in [-0.25, -0.2) is 0 Å². The Kier molecular flexibility index (Phi) is 54.9. The van der Waals surface area contributed by atoms with Crippen LogP contribution in [0, 0.1) is 0 Å². The van der Waals surface area contributed by atoms with E-state index in [9.17, 15) is 9.59 Å². The van der Waals surface area contributed by atoms with Gasteiger partial charge in [-0.05, 0) is 83.5 Å². The lowest BCUT2D eigenvalue weighted by Gasteiger charge is -2.18. The van der Waals surface area contributed by atoms with Crippen LogP contribution in [0.3, 0.4) is 0 Å². The summed E-state index contributed by atoms with van der Waals surface area (Å²) < 4.78 is 17.4. The monoisotopic (exact) mass is 923 g/mol. The number of hydrogen-bond acceptors (Lipinski definition) is 5. The van der Waals surface area contributed by atoms with Crippen LogP contribution in [0.4, 0.5) is 0 Å². The minimum atomic E-state index is -0.554. The summed E-state index contributed by atoms with van der Waals surface area (Å²) in [6.07, 6.45) is 72.4. The molecular weight excluding hydrogens is 813 g/mol. The van der Waals surface area contributed by atoms with Crippen LogP contribution >= 0.6 is 0 Å². The third-order valence-corrected chi connectivity index (χ3v) is 12.5. The highest BCUT2D eigenvalue weighted by Gasteiger charge is 2.17. The molecule has 0 aliphatic rings. The fraction of sp³-hybridized carbons (Fsp3) is 0.803. The molecule has 0 radical (unpaired) electrons. The largest absolute Gasteiger partial charge is 0.462 e. The topological polar surface area (TPSA) is 61.8 Å². The van der Waals surface area contributed by atoms with Gasteiger partial charge in [0.15, 0.2) is 6.10 Å². The van der Waals surface area contributed by atoms with E-state index >= 15 is 0 Å². The maximum atomic E-state index is 12.9. The first-order chi connectivity index (χ1) is 32.6. The van der Waals surface area contributed by atoms with E-state index < -0.39 is 6.10 Å². The van der Waals surface area contributed by atoms with Crippen LogP contribution in [0.2, 0.25) is 0 Å². The molecule has 0 heterocycles. The number of allylic oxidation sites excluding steroid dienone is 10. The van der Waals surface area contributed by atoms with Crippen molar-refractivity contribution in [1.29, 1.82) is 0 Å². The van der Waals surface area contributed by atoms with Crippen molar-refractivity contribution in [1.82, 2.24) is 0 Å². The van der Waals surface area contributed by atoms with E-state index in [0.29, 0.717) is 19.4 Å². The Balaban J connectivity index is 4.30. The number of carbonyl (C=O) groups excluding carboxylic acids is 2. The zero-order valence-corrected chi connectivity index (χ0v) is 44.2. The quantitative estimate of drug-likeness (QED) is 0.0346. The lowest BCUT2D eigenvalue weighted by molar-refractivity contribution is -0.163. The molecule has 0 aromatic carbocycles. The van der Waals surface area contributed by atoms with Crippen LogP contribution in [-0.2, 0) is 23.8 Å². The molecule has 0 amide bonds. The molecule has 0 saturated heterocycles. The number of ether oxygens (including phenoxy) is 3. The van der Waals surface area contributed by atoms with Gasteiger partial charge in [0.2, 0.25) is 0 Å². The van der Waals surface area contributed by atoms with Crippen LogP contribution in [0.25, 0.3) is 0 Å². The first-order valence-electron chi connectivity index (χ1n) is 28.8. The maximum Gasteiger partial charge on any atom is 0.306 e. The van der Waals surface area contributed by atoms with E-state index in [2.05, 4.69) is 81.5 Å². The van der Waals surface area contributed by atoms with Crippen molar-refractivity contribution in [2.75, 3.05) is 19.8 Å². The third-order valence-electron chi connectivity index (χ3n) is 12.5. The van der Waals surface area contributed by atoms with Crippen molar-refractivity contribution in [3.63, 3.8) is 0 Å². The van der Waals surface area contributed by atoms with Gasteiger partial charge in [0, 0.05) is 19.4 Å². The van der Waals surface area contributed by atoms with Crippen LogP contribution in [0.5, 0.6) is 0 Å². The molecule has 1 atom stereocenters. The second-order valence-electron chi connectivity index (χ2n) is 19.2. The zero-order chi connectivity index (χ0) is 47.7. The summed E-state index contributed by atoms with van der Waals surface area (Å²) in [5.41, 5.74) is 0. The average Bonchev–Trinajstić information content (AvgIpc) is 3.32. The molecule has 5 nitrogen and oxygen atoms in total. The Morgan fingerprint density at radius 2 is 0.682 bits per heavy atom. The first-order valence-corrected chi connectivity index (χ1v) is 28.8. The fourth-order valence-electron chi connectivity index (χ4n) is 8.26. The van der Waals surface area contributed by atoms with Crippen molar-refractivity contribution >= 4 is 11.9 Å². The van der Waals surface area contributed by atoms with Gasteiger partial charge in [-0.1, -0.05) is 255 Å². The fourth-order valence-corrected chi connectivity index (χ4v) is 8.26. The SMILES string of the molecule is CC/C=C\C/C=C\C/C=C\C/C=C\CCCCCOCC(COC(=O)CCCCCCCCC/C=C\CCCCCCCC)OC(=O)CCCCCCCCCCCCCCCCCCC. The summed E-state index contributed by atoms with van der Waals surface area (Å²) in [5.74, 6) is -0.407. The van der Waals surface area contributed by atoms with Crippen molar-refractivity contribution in [3.05, 3.63) is 60.8 Å². The minimum absolute atomic E-state index is 0.0723. The molecule has 66 heavy (non-hydrogen) atoms. The van der Waals surface area contributed by atoms with E-state index in [-0.39, 0.29) is 25.2 Å². The van der Waals surface area contributed by atoms with Crippen LogP contribution < -0.4 is 0 Å². The van der Waals surface area contributed by atoms with E-state index in [4.69, 9.17) is 14.2 Å². The van der Waals surface area contributed by atoms with Gasteiger partial charge in [0.25, 0.3) is 0 Å². The van der Waals surface area contributed by atoms with Crippen molar-refractivity contribution < 1.29 is 23.8 Å². The van der Waals surface area contributed by atoms with Gasteiger partial charge in [-0.3, -0.25) is 9.59 Å². The molecule has 0 N–H and O–H groups in total. The Labute approximate surface area is 411 Å². The molecule has 0 saturated carbocycles. The van der Waals surface area contributed by atoms with Gasteiger partial charge < -0.3 is 14.2 Å². The van der Waals surface area contributed by atoms with Crippen LogP contribution in [0.1, 0.15) is 290 Å². The smallest absolute Gasteiger partial charge is 0.306 e. The molecule has 0 rings (SSSR count). The Bertz CT molecular complexity index is 1130.